The molecule has 1 aromatic carbocycles. The van der Waals surface area contributed by atoms with Gasteiger partial charge in [0, 0.05) is 0 Å². The van der Waals surface area contributed by atoms with Crippen molar-refractivity contribution in [2.24, 2.45) is 0 Å². The predicted molar refractivity (Wildman–Crippen MR) is 48.7 cm³/mol. The lowest BCUT2D eigenvalue weighted by Gasteiger charge is -1.98. The van der Waals surface area contributed by atoms with E-state index in [4.69, 9.17) is 0 Å². The van der Waals surface area contributed by atoms with Crippen LogP contribution in [0.4, 0.5) is 0 Å². The van der Waals surface area contributed by atoms with Gasteiger partial charge in [-0.25, -0.2) is 0 Å². The lowest BCUT2D eigenvalue weighted by molar-refractivity contribution is 1.75. The fourth-order valence-electron chi connectivity index (χ4n) is 1.20. The molecule has 0 bridgehead atoms. The van der Waals surface area contributed by atoms with Crippen LogP contribution in [0.3, 0.4) is 0 Å². The van der Waals surface area contributed by atoms with Crippen molar-refractivity contribution in [3.8, 4) is 0 Å². The van der Waals surface area contributed by atoms with Crippen LogP contribution in [0.15, 0.2) is 30.3 Å². The van der Waals surface area contributed by atoms with Gasteiger partial charge in [0.05, 0.1) is 31.6 Å². The minimum Gasteiger partial charge on any atom is -0.0620 e. The van der Waals surface area contributed by atoms with E-state index in [0.29, 0.717) is 0 Å². The molecule has 0 saturated carbocycles. The Morgan fingerprint density at radius 1 is 1.10 bits per heavy atom. The second-order valence-corrected chi connectivity index (χ2v) is 7.38. The topological polar surface area (TPSA) is 0 Å². The summed E-state index contributed by atoms with van der Waals surface area (Å²) in [5, 5.41) is 1.62. The molecule has 10 heavy (non-hydrogen) atoms. The molecular weight excluding hydrogens is 139 g/mol. The Labute approximate surface area is 62.6 Å². The summed E-state index contributed by atoms with van der Waals surface area (Å²) in [6, 6.07) is 11.0. The highest BCUT2D eigenvalue weighted by Crippen LogP contribution is 2.67. The van der Waals surface area contributed by atoms with Gasteiger partial charge in [0.1, 0.15) is 0 Å². The number of hydrogen-bond donors (Lipinski definition) is 0. The molecule has 1 heteroatoms. The summed E-state index contributed by atoms with van der Waals surface area (Å²) < 4.78 is 0. The van der Waals surface area contributed by atoms with Crippen LogP contribution in [-0.4, -0.2) is 19.0 Å². The molecule has 1 aliphatic rings. The minimum atomic E-state index is -0.518. The van der Waals surface area contributed by atoms with E-state index in [1.54, 1.807) is 5.30 Å². The van der Waals surface area contributed by atoms with Gasteiger partial charge in [-0.3, -0.25) is 0 Å². The van der Waals surface area contributed by atoms with Crippen molar-refractivity contribution in [3.63, 3.8) is 0 Å². The third-order valence-corrected chi connectivity index (χ3v) is 5.61. The van der Waals surface area contributed by atoms with Crippen molar-refractivity contribution < 1.29 is 0 Å². The van der Waals surface area contributed by atoms with Crippen LogP contribution in [-0.2, 0) is 0 Å². The molecule has 0 unspecified atom stereocenters. The van der Waals surface area contributed by atoms with Crippen LogP contribution >= 0.6 is 7.26 Å². The smallest absolute Gasteiger partial charge is 0.0620 e. The Bertz CT molecular complexity index is 224. The fraction of sp³-hybridized carbons (Fsp3) is 0.333. The molecule has 2 rings (SSSR count). The van der Waals surface area contributed by atoms with Gasteiger partial charge >= 0.3 is 0 Å². The van der Waals surface area contributed by atoms with E-state index in [2.05, 4.69) is 37.0 Å². The minimum absolute atomic E-state index is 0.518. The number of benzene rings is 1. The Morgan fingerprint density at radius 2 is 1.70 bits per heavy atom. The van der Waals surface area contributed by atoms with Crippen LogP contribution < -0.4 is 5.30 Å². The van der Waals surface area contributed by atoms with Gasteiger partial charge in [-0.2, -0.15) is 0 Å². The third kappa shape index (κ3) is 0.973. The Kier molecular flexibility index (Phi) is 1.32. The summed E-state index contributed by atoms with van der Waals surface area (Å²) in [6.07, 6.45) is 2.97. The highest BCUT2D eigenvalue weighted by atomic mass is 31.2. The van der Waals surface area contributed by atoms with Crippen molar-refractivity contribution in [3.05, 3.63) is 30.3 Å². The Hall–Kier alpha value is -0.350. The first-order chi connectivity index (χ1) is 4.81. The molecule has 0 aliphatic carbocycles. The molecule has 0 atom stereocenters. The quantitative estimate of drug-likeness (QED) is 0.538. The van der Waals surface area contributed by atoms with E-state index in [9.17, 15) is 0 Å². The van der Waals surface area contributed by atoms with Crippen molar-refractivity contribution in [2.75, 3.05) is 19.0 Å². The monoisotopic (exact) mass is 151 g/mol. The van der Waals surface area contributed by atoms with Crippen LogP contribution in [0.5, 0.6) is 0 Å². The Balaban J connectivity index is 2.35. The Morgan fingerprint density at radius 3 is 2.20 bits per heavy atom. The SMILES string of the molecule is C[P+]1(c2ccccc2)CC1. The molecule has 1 aromatic rings. The molecular formula is C9H12P+. The zero-order valence-corrected chi connectivity index (χ0v) is 7.14. The van der Waals surface area contributed by atoms with Crippen LogP contribution in [0.2, 0.25) is 0 Å². The van der Waals surface area contributed by atoms with Gasteiger partial charge in [-0.1, -0.05) is 18.2 Å². The zero-order valence-electron chi connectivity index (χ0n) is 6.25. The number of rotatable bonds is 1. The summed E-state index contributed by atoms with van der Waals surface area (Å²) in [6.45, 7) is 2.45. The summed E-state index contributed by atoms with van der Waals surface area (Å²) in [5.74, 6) is 0. The maximum Gasteiger partial charge on any atom is 0.0979 e. The van der Waals surface area contributed by atoms with Crippen molar-refractivity contribution in [2.45, 2.75) is 0 Å². The largest absolute Gasteiger partial charge is 0.0979 e. The van der Waals surface area contributed by atoms with Gasteiger partial charge in [0.25, 0.3) is 0 Å². The van der Waals surface area contributed by atoms with Crippen LogP contribution in [0.25, 0.3) is 0 Å². The van der Waals surface area contributed by atoms with Gasteiger partial charge < -0.3 is 0 Å². The van der Waals surface area contributed by atoms with Crippen molar-refractivity contribution >= 4 is 12.6 Å². The lowest BCUT2D eigenvalue weighted by Crippen LogP contribution is -1.98. The van der Waals surface area contributed by atoms with E-state index < -0.39 is 7.26 Å². The molecule has 0 aromatic heterocycles. The van der Waals surface area contributed by atoms with Gasteiger partial charge in [0.2, 0.25) is 0 Å². The molecule has 0 N–H and O–H groups in total. The average Bonchev–Trinajstić information content (AvgIpc) is 2.72. The molecule has 1 fully saturated rings. The van der Waals surface area contributed by atoms with E-state index in [1.165, 1.54) is 12.3 Å². The molecule has 0 amide bonds. The van der Waals surface area contributed by atoms with Crippen LogP contribution in [0, 0.1) is 0 Å². The fourth-order valence-corrected chi connectivity index (χ4v) is 3.80. The molecule has 1 heterocycles. The summed E-state index contributed by atoms with van der Waals surface area (Å²) in [5.41, 5.74) is 0. The van der Waals surface area contributed by atoms with E-state index in [1.807, 2.05) is 0 Å². The zero-order chi connectivity index (χ0) is 7.03. The van der Waals surface area contributed by atoms with Gasteiger partial charge in [-0.15, -0.1) is 0 Å². The van der Waals surface area contributed by atoms with Crippen LogP contribution in [0.1, 0.15) is 0 Å². The first-order valence-electron chi connectivity index (χ1n) is 3.71. The van der Waals surface area contributed by atoms with Crippen molar-refractivity contribution in [1.29, 1.82) is 0 Å². The lowest BCUT2D eigenvalue weighted by atomic mass is 10.4. The van der Waals surface area contributed by atoms with Gasteiger partial charge in [0.15, 0.2) is 0 Å². The second-order valence-electron chi connectivity index (χ2n) is 3.18. The predicted octanol–water partition coefficient (Wildman–Crippen LogP) is 1.97. The number of hydrogen-bond acceptors (Lipinski definition) is 0. The van der Waals surface area contributed by atoms with Crippen molar-refractivity contribution in [1.82, 2.24) is 0 Å². The van der Waals surface area contributed by atoms with E-state index >= 15 is 0 Å². The molecule has 0 nitrogen and oxygen atoms in total. The third-order valence-electron chi connectivity index (χ3n) is 2.27. The normalized spacial score (nSPS) is 20.5. The second kappa shape index (κ2) is 2.07. The molecule has 1 saturated heterocycles. The highest BCUT2D eigenvalue weighted by molar-refractivity contribution is 7.88. The molecule has 0 spiro atoms. The molecule has 0 radical (unpaired) electrons. The first kappa shape index (κ1) is 6.37. The highest BCUT2D eigenvalue weighted by Gasteiger charge is 2.48. The van der Waals surface area contributed by atoms with E-state index in [-0.39, 0.29) is 0 Å². The summed E-state index contributed by atoms with van der Waals surface area (Å²) in [7, 11) is -0.518. The molecule has 1 aliphatic heterocycles. The molecule has 52 valence electrons. The standard InChI is InChI=1S/C9H12P/c1-10(7-8-10)9-5-3-2-4-6-9/h2-6H,7-8H2,1H3/q+1. The first-order valence-corrected chi connectivity index (χ1v) is 6.32. The maximum atomic E-state index is 2.45. The summed E-state index contributed by atoms with van der Waals surface area (Å²) >= 11 is 0. The van der Waals surface area contributed by atoms with E-state index in [0.717, 1.165) is 0 Å². The maximum absolute atomic E-state index is 2.45. The average molecular weight is 151 g/mol. The summed E-state index contributed by atoms with van der Waals surface area (Å²) in [4.78, 5) is 0. The van der Waals surface area contributed by atoms with Gasteiger partial charge in [-0.05, 0) is 12.1 Å².